The minimum Gasteiger partial charge on any atom is -0.504 e. The van der Waals surface area contributed by atoms with Crippen LogP contribution in [0.3, 0.4) is 0 Å². The van der Waals surface area contributed by atoms with Crippen LogP contribution in [0.15, 0.2) is 29.8 Å². The van der Waals surface area contributed by atoms with Crippen LogP contribution in [-0.2, 0) is 19.2 Å². The average Bonchev–Trinajstić information content (AvgIpc) is 3.12. The van der Waals surface area contributed by atoms with Crippen LogP contribution >= 0.6 is 39.1 Å². The molecule has 2 saturated heterocycles. The first-order valence-corrected chi connectivity index (χ1v) is 12.6. The fourth-order valence-corrected chi connectivity index (χ4v) is 7.58. The summed E-state index contributed by atoms with van der Waals surface area (Å²) in [5.74, 6) is -4.54. The number of aromatic hydroxyl groups is 1. The molecule has 2 aliphatic carbocycles. The Bertz CT molecular complexity index is 1190. The number of phenols is 1. The van der Waals surface area contributed by atoms with Crippen molar-refractivity contribution in [3.05, 3.63) is 35.4 Å². The van der Waals surface area contributed by atoms with Gasteiger partial charge in [0.05, 0.1) is 24.4 Å². The van der Waals surface area contributed by atoms with Gasteiger partial charge in [0.1, 0.15) is 0 Å². The topological polar surface area (TPSA) is 104 Å². The number of hydrogen-bond donors (Lipinski definition) is 1. The summed E-state index contributed by atoms with van der Waals surface area (Å²) in [7, 11) is 2.84. The smallest absolute Gasteiger partial charge is 0.254 e. The molecule has 180 valence electrons. The number of ether oxygens (including phenoxy) is 1. The highest BCUT2D eigenvalue weighted by molar-refractivity contribution is 9.09. The predicted molar refractivity (Wildman–Crippen MR) is 126 cm³/mol. The highest BCUT2D eigenvalue weighted by atomic mass is 79.9. The molecule has 2 heterocycles. The fourth-order valence-electron chi connectivity index (χ4n) is 6.16. The van der Waals surface area contributed by atoms with Crippen LogP contribution in [-0.4, -0.2) is 67.9 Å². The van der Waals surface area contributed by atoms with E-state index < -0.39 is 45.2 Å². The Balaban J connectivity index is 1.76. The van der Waals surface area contributed by atoms with E-state index in [0.29, 0.717) is 17.6 Å². The maximum atomic E-state index is 13.6. The molecular formula is C23H21BrCl2N2O6. The number of alkyl halides is 3. The van der Waals surface area contributed by atoms with Gasteiger partial charge >= 0.3 is 0 Å². The number of phenolic OH excluding ortho intramolecular Hbond substituents is 1. The standard InChI is InChI=1S/C23H21BrCl2N2O6/c1-27-18(30)12-5-4-11-13(16(12)19(27)31)8-22(25)20(32)28(9-24)21(33)23(22,26)17(11)10-3-6-14(29)15(7-10)34-2/h3-4,6-7,12-13,16-17,29H,5,8-9H2,1-2H3/t12-,13+,16-,17-,22+,23-/m0/s1. The molecule has 4 aliphatic rings. The molecule has 8 nitrogen and oxygen atoms in total. The van der Waals surface area contributed by atoms with E-state index in [0.717, 1.165) is 9.80 Å². The molecule has 0 radical (unpaired) electrons. The Kier molecular flexibility index (Phi) is 5.35. The number of rotatable bonds is 3. The number of nitrogens with zero attached hydrogens (tertiary/aromatic N) is 2. The normalized spacial score (nSPS) is 36.9. The summed E-state index contributed by atoms with van der Waals surface area (Å²) in [6.45, 7) is 0. The highest BCUT2D eigenvalue weighted by Gasteiger charge is 2.76. The van der Waals surface area contributed by atoms with Crippen LogP contribution in [0.1, 0.15) is 24.3 Å². The summed E-state index contributed by atoms with van der Waals surface area (Å²) in [6, 6.07) is 4.57. The van der Waals surface area contributed by atoms with Crippen LogP contribution in [0, 0.1) is 17.8 Å². The van der Waals surface area contributed by atoms with Gasteiger partial charge in [0, 0.05) is 13.0 Å². The minimum atomic E-state index is -1.88. The molecule has 1 aromatic rings. The van der Waals surface area contributed by atoms with Crippen molar-refractivity contribution < 1.29 is 29.0 Å². The van der Waals surface area contributed by atoms with Crippen LogP contribution in [0.25, 0.3) is 0 Å². The van der Waals surface area contributed by atoms with Gasteiger partial charge in [-0.05, 0) is 36.5 Å². The van der Waals surface area contributed by atoms with Gasteiger partial charge in [-0.3, -0.25) is 29.0 Å². The van der Waals surface area contributed by atoms with E-state index in [1.54, 1.807) is 12.1 Å². The van der Waals surface area contributed by atoms with E-state index in [-0.39, 0.29) is 35.2 Å². The summed E-state index contributed by atoms with van der Waals surface area (Å²) in [5, 5.41) is 10.1. The van der Waals surface area contributed by atoms with Gasteiger partial charge in [0.25, 0.3) is 11.8 Å². The molecular weight excluding hydrogens is 551 g/mol. The largest absolute Gasteiger partial charge is 0.504 e. The number of methoxy groups -OCH3 is 1. The van der Waals surface area contributed by atoms with Gasteiger partial charge in [-0.15, -0.1) is 23.2 Å². The van der Waals surface area contributed by atoms with Gasteiger partial charge in [-0.25, -0.2) is 0 Å². The van der Waals surface area contributed by atoms with Crippen molar-refractivity contribution in [1.82, 2.24) is 9.80 Å². The minimum absolute atomic E-state index is 0.0578. The molecule has 6 atom stereocenters. The first kappa shape index (κ1) is 23.6. The molecule has 0 bridgehead atoms. The first-order valence-electron chi connectivity index (χ1n) is 10.7. The Morgan fingerprint density at radius 2 is 1.85 bits per heavy atom. The number of halogens is 3. The number of fused-ring (bicyclic) bond motifs is 4. The molecule has 5 rings (SSSR count). The fraction of sp³-hybridized carbons (Fsp3) is 0.478. The number of benzene rings is 1. The number of hydrogen-bond acceptors (Lipinski definition) is 6. The monoisotopic (exact) mass is 570 g/mol. The average molecular weight is 572 g/mol. The second kappa shape index (κ2) is 7.70. The first-order chi connectivity index (χ1) is 16.0. The van der Waals surface area contributed by atoms with E-state index in [1.165, 1.54) is 20.2 Å². The van der Waals surface area contributed by atoms with E-state index in [1.807, 2.05) is 6.08 Å². The lowest BCUT2D eigenvalue weighted by Gasteiger charge is -2.50. The SMILES string of the molecule is COc1cc([C@H]2C3=CC[C@@H]4C(=O)N(C)C(=O)[C@@H]4[C@@H]3C[C@@]3(Cl)C(=O)N(CBr)C(=O)[C@@]23Cl)ccc1O. The van der Waals surface area contributed by atoms with Crippen LogP contribution in [0.5, 0.6) is 11.5 Å². The van der Waals surface area contributed by atoms with Crippen molar-refractivity contribution in [2.45, 2.75) is 28.5 Å². The third-order valence-electron chi connectivity index (χ3n) is 7.77. The van der Waals surface area contributed by atoms with Crippen molar-refractivity contribution in [2.24, 2.45) is 17.8 Å². The van der Waals surface area contributed by atoms with E-state index >= 15 is 0 Å². The maximum absolute atomic E-state index is 13.6. The number of carbonyl (C=O) groups is 4. The maximum Gasteiger partial charge on any atom is 0.254 e. The van der Waals surface area contributed by atoms with Gasteiger partial charge in [0.2, 0.25) is 11.8 Å². The second-order valence-electron chi connectivity index (χ2n) is 9.15. The van der Waals surface area contributed by atoms with Crippen molar-refractivity contribution in [2.75, 3.05) is 19.6 Å². The van der Waals surface area contributed by atoms with Crippen molar-refractivity contribution in [3.63, 3.8) is 0 Å². The Morgan fingerprint density at radius 1 is 1.15 bits per heavy atom. The van der Waals surface area contributed by atoms with Crippen molar-refractivity contribution >= 4 is 62.8 Å². The Morgan fingerprint density at radius 3 is 2.50 bits per heavy atom. The lowest BCUT2D eigenvalue weighted by Crippen LogP contribution is -2.60. The van der Waals surface area contributed by atoms with Gasteiger partial charge in [0.15, 0.2) is 21.2 Å². The van der Waals surface area contributed by atoms with Gasteiger partial charge in [-0.1, -0.05) is 33.6 Å². The summed E-state index contributed by atoms with van der Waals surface area (Å²) < 4.78 is 5.27. The summed E-state index contributed by atoms with van der Waals surface area (Å²) >= 11 is 17.4. The number of allylic oxidation sites excluding steroid dienone is 2. The lowest BCUT2D eigenvalue weighted by atomic mass is 9.56. The summed E-state index contributed by atoms with van der Waals surface area (Å²) in [6.07, 6.45) is 2.11. The number of carbonyl (C=O) groups excluding carboxylic acids is 4. The molecule has 2 aliphatic heterocycles. The van der Waals surface area contributed by atoms with E-state index in [4.69, 9.17) is 27.9 Å². The molecule has 4 amide bonds. The molecule has 3 fully saturated rings. The number of imide groups is 2. The zero-order chi connectivity index (χ0) is 24.7. The molecule has 0 unspecified atom stereocenters. The summed E-state index contributed by atoms with van der Waals surface area (Å²) in [5.41, 5.74) is 1.11. The van der Waals surface area contributed by atoms with Crippen molar-refractivity contribution in [3.8, 4) is 11.5 Å². The van der Waals surface area contributed by atoms with Crippen LogP contribution in [0.4, 0.5) is 0 Å². The number of likely N-dealkylation sites (tertiary alicyclic amines) is 2. The Hall–Kier alpha value is -2.10. The summed E-state index contributed by atoms with van der Waals surface area (Å²) in [4.78, 5) is 51.3. The molecule has 34 heavy (non-hydrogen) atoms. The van der Waals surface area contributed by atoms with E-state index in [2.05, 4.69) is 15.9 Å². The van der Waals surface area contributed by atoms with Gasteiger partial charge < -0.3 is 9.84 Å². The lowest BCUT2D eigenvalue weighted by molar-refractivity contribution is -0.140. The zero-order valence-electron chi connectivity index (χ0n) is 18.3. The third-order valence-corrected chi connectivity index (χ3v) is 9.69. The molecule has 11 heteroatoms. The van der Waals surface area contributed by atoms with E-state index in [9.17, 15) is 24.3 Å². The highest BCUT2D eigenvalue weighted by Crippen LogP contribution is 2.65. The predicted octanol–water partition coefficient (Wildman–Crippen LogP) is 2.74. The van der Waals surface area contributed by atoms with Crippen molar-refractivity contribution in [1.29, 1.82) is 0 Å². The molecule has 0 aromatic heterocycles. The molecule has 0 spiro atoms. The quantitative estimate of drug-likeness (QED) is 0.259. The second-order valence-corrected chi connectivity index (χ2v) is 10.9. The van der Waals surface area contributed by atoms with Crippen LogP contribution < -0.4 is 4.74 Å². The van der Waals surface area contributed by atoms with Gasteiger partial charge in [-0.2, -0.15) is 0 Å². The Labute approximate surface area is 213 Å². The molecule has 1 N–H and O–H groups in total. The molecule has 1 saturated carbocycles. The zero-order valence-corrected chi connectivity index (χ0v) is 21.4. The molecule has 1 aromatic carbocycles. The number of amides is 4. The van der Waals surface area contributed by atoms with Crippen LogP contribution in [0.2, 0.25) is 0 Å². The third kappa shape index (κ3) is 2.72.